The van der Waals surface area contributed by atoms with E-state index in [1.807, 2.05) is 6.92 Å². The zero-order chi connectivity index (χ0) is 14.8. The standard InChI is InChI=1S/C15H28N4/c1-8-9-10(2)19(7)13-11(3)12(16)17-14(18-13)15(4,5)6/h10H,8-9H2,1-7H3,(H2,16,17,18). The van der Waals surface area contributed by atoms with Crippen LogP contribution in [-0.2, 0) is 5.41 Å². The fraction of sp³-hybridized carbons (Fsp3) is 0.733. The predicted octanol–water partition coefficient (Wildman–Crippen LogP) is 3.29. The third-order valence-corrected chi connectivity index (χ3v) is 3.53. The van der Waals surface area contributed by atoms with E-state index in [4.69, 9.17) is 10.7 Å². The molecule has 1 aromatic rings. The summed E-state index contributed by atoms with van der Waals surface area (Å²) in [5.74, 6) is 2.35. The lowest BCUT2D eigenvalue weighted by atomic mass is 9.95. The molecule has 4 heteroatoms. The summed E-state index contributed by atoms with van der Waals surface area (Å²) in [6.07, 6.45) is 2.31. The Kier molecular flexibility index (Phi) is 4.77. The Labute approximate surface area is 117 Å². The molecule has 0 fully saturated rings. The van der Waals surface area contributed by atoms with Crippen molar-refractivity contribution in [2.24, 2.45) is 0 Å². The minimum atomic E-state index is -0.0919. The van der Waals surface area contributed by atoms with E-state index < -0.39 is 0 Å². The van der Waals surface area contributed by atoms with Crippen LogP contribution in [0.3, 0.4) is 0 Å². The maximum Gasteiger partial charge on any atom is 0.138 e. The zero-order valence-electron chi connectivity index (χ0n) is 13.4. The van der Waals surface area contributed by atoms with E-state index in [0.29, 0.717) is 11.9 Å². The monoisotopic (exact) mass is 264 g/mol. The van der Waals surface area contributed by atoms with Crippen molar-refractivity contribution in [2.75, 3.05) is 17.7 Å². The molecular weight excluding hydrogens is 236 g/mol. The number of nitrogen functional groups attached to an aromatic ring is 1. The molecule has 0 aliphatic rings. The number of hydrogen-bond acceptors (Lipinski definition) is 4. The molecule has 19 heavy (non-hydrogen) atoms. The van der Waals surface area contributed by atoms with Crippen LogP contribution in [0.2, 0.25) is 0 Å². The number of rotatable bonds is 4. The maximum atomic E-state index is 6.05. The molecule has 0 saturated carbocycles. The summed E-state index contributed by atoms with van der Waals surface area (Å²) >= 11 is 0. The van der Waals surface area contributed by atoms with Gasteiger partial charge in [-0.15, -0.1) is 0 Å². The van der Waals surface area contributed by atoms with Gasteiger partial charge in [0.25, 0.3) is 0 Å². The molecule has 1 unspecified atom stereocenters. The zero-order valence-corrected chi connectivity index (χ0v) is 13.4. The van der Waals surface area contributed by atoms with Crippen LogP contribution in [0.5, 0.6) is 0 Å². The summed E-state index contributed by atoms with van der Waals surface area (Å²) in [5, 5.41) is 0. The molecule has 0 radical (unpaired) electrons. The van der Waals surface area contributed by atoms with E-state index in [2.05, 4.69) is 51.6 Å². The van der Waals surface area contributed by atoms with Crippen molar-refractivity contribution in [3.05, 3.63) is 11.4 Å². The maximum absolute atomic E-state index is 6.05. The number of hydrogen-bond donors (Lipinski definition) is 1. The van der Waals surface area contributed by atoms with Gasteiger partial charge in [0.05, 0.1) is 0 Å². The molecule has 0 aliphatic carbocycles. The second kappa shape index (κ2) is 5.76. The lowest BCUT2D eigenvalue weighted by molar-refractivity contribution is 0.540. The van der Waals surface area contributed by atoms with Gasteiger partial charge in [-0.05, 0) is 20.3 Å². The summed E-state index contributed by atoms with van der Waals surface area (Å²) < 4.78 is 0. The molecular formula is C15H28N4. The Morgan fingerprint density at radius 3 is 2.32 bits per heavy atom. The highest BCUT2D eigenvalue weighted by atomic mass is 15.2. The number of anilines is 2. The molecule has 0 saturated heterocycles. The molecule has 4 nitrogen and oxygen atoms in total. The molecule has 108 valence electrons. The van der Waals surface area contributed by atoms with Gasteiger partial charge in [-0.25, -0.2) is 9.97 Å². The SMILES string of the molecule is CCCC(C)N(C)c1nc(C(C)(C)C)nc(N)c1C. The third-order valence-electron chi connectivity index (χ3n) is 3.53. The average Bonchev–Trinajstić information content (AvgIpc) is 2.30. The first-order chi connectivity index (χ1) is 8.68. The smallest absolute Gasteiger partial charge is 0.138 e. The van der Waals surface area contributed by atoms with Crippen LogP contribution in [0.1, 0.15) is 58.8 Å². The molecule has 1 aromatic heterocycles. The largest absolute Gasteiger partial charge is 0.383 e. The van der Waals surface area contributed by atoms with Gasteiger partial charge in [-0.2, -0.15) is 0 Å². The first-order valence-corrected chi connectivity index (χ1v) is 7.05. The predicted molar refractivity (Wildman–Crippen MR) is 82.7 cm³/mol. The van der Waals surface area contributed by atoms with Crippen molar-refractivity contribution in [3.8, 4) is 0 Å². The van der Waals surface area contributed by atoms with Gasteiger partial charge in [0.1, 0.15) is 17.5 Å². The average molecular weight is 264 g/mol. The van der Waals surface area contributed by atoms with Gasteiger partial charge < -0.3 is 10.6 Å². The normalized spacial score (nSPS) is 13.4. The quantitative estimate of drug-likeness (QED) is 0.906. The summed E-state index contributed by atoms with van der Waals surface area (Å²) in [6, 6.07) is 0.450. The van der Waals surface area contributed by atoms with Gasteiger partial charge in [0.15, 0.2) is 0 Å². The van der Waals surface area contributed by atoms with Crippen LogP contribution in [0.4, 0.5) is 11.6 Å². The highest BCUT2D eigenvalue weighted by Crippen LogP contribution is 2.27. The summed E-state index contributed by atoms with van der Waals surface area (Å²) in [4.78, 5) is 11.4. The minimum Gasteiger partial charge on any atom is -0.383 e. The van der Waals surface area contributed by atoms with Crippen LogP contribution < -0.4 is 10.6 Å². The molecule has 0 amide bonds. The van der Waals surface area contributed by atoms with Crippen molar-refractivity contribution in [1.82, 2.24) is 9.97 Å². The van der Waals surface area contributed by atoms with Crippen molar-refractivity contribution < 1.29 is 0 Å². The van der Waals surface area contributed by atoms with E-state index in [0.717, 1.165) is 30.0 Å². The van der Waals surface area contributed by atoms with Crippen LogP contribution in [0, 0.1) is 6.92 Å². The van der Waals surface area contributed by atoms with E-state index in [9.17, 15) is 0 Å². The topological polar surface area (TPSA) is 55.0 Å². The van der Waals surface area contributed by atoms with E-state index in [-0.39, 0.29) is 5.41 Å². The van der Waals surface area contributed by atoms with E-state index >= 15 is 0 Å². The van der Waals surface area contributed by atoms with Crippen LogP contribution in [-0.4, -0.2) is 23.1 Å². The number of aromatic nitrogens is 2. The highest BCUT2D eigenvalue weighted by Gasteiger charge is 2.22. The Balaban J connectivity index is 3.23. The molecule has 0 aliphatic heterocycles. The van der Waals surface area contributed by atoms with Crippen molar-refractivity contribution >= 4 is 11.6 Å². The first kappa shape index (κ1) is 15.7. The molecule has 2 N–H and O–H groups in total. The minimum absolute atomic E-state index is 0.0919. The lowest BCUT2D eigenvalue weighted by Gasteiger charge is -2.29. The fourth-order valence-electron chi connectivity index (χ4n) is 2.02. The summed E-state index contributed by atoms with van der Waals surface area (Å²) in [5.41, 5.74) is 6.93. The van der Waals surface area contributed by atoms with Gasteiger partial charge in [0, 0.05) is 24.1 Å². The third kappa shape index (κ3) is 3.58. The second-order valence-corrected chi connectivity index (χ2v) is 6.38. The molecule has 0 bridgehead atoms. The Morgan fingerprint density at radius 1 is 1.26 bits per heavy atom. The summed E-state index contributed by atoms with van der Waals surface area (Å²) in [7, 11) is 2.08. The van der Waals surface area contributed by atoms with Crippen molar-refractivity contribution in [2.45, 2.75) is 65.8 Å². The molecule has 0 aromatic carbocycles. The Hall–Kier alpha value is -1.32. The number of nitrogens with two attached hydrogens (primary N) is 1. The van der Waals surface area contributed by atoms with Crippen LogP contribution in [0.25, 0.3) is 0 Å². The fourth-order valence-corrected chi connectivity index (χ4v) is 2.02. The van der Waals surface area contributed by atoms with Gasteiger partial charge in [0.2, 0.25) is 0 Å². The first-order valence-electron chi connectivity index (χ1n) is 7.05. The van der Waals surface area contributed by atoms with E-state index in [1.54, 1.807) is 0 Å². The second-order valence-electron chi connectivity index (χ2n) is 6.38. The Morgan fingerprint density at radius 2 is 1.84 bits per heavy atom. The number of nitrogens with zero attached hydrogens (tertiary/aromatic N) is 3. The molecule has 1 atom stereocenters. The van der Waals surface area contributed by atoms with Crippen molar-refractivity contribution in [1.29, 1.82) is 0 Å². The lowest BCUT2D eigenvalue weighted by Crippen LogP contribution is -2.31. The van der Waals surface area contributed by atoms with Gasteiger partial charge >= 0.3 is 0 Å². The van der Waals surface area contributed by atoms with Crippen LogP contribution in [0.15, 0.2) is 0 Å². The Bertz CT molecular complexity index is 435. The van der Waals surface area contributed by atoms with Gasteiger partial charge in [-0.3, -0.25) is 0 Å². The van der Waals surface area contributed by atoms with Crippen molar-refractivity contribution in [3.63, 3.8) is 0 Å². The summed E-state index contributed by atoms with van der Waals surface area (Å²) in [6.45, 7) is 12.7. The van der Waals surface area contributed by atoms with E-state index in [1.165, 1.54) is 0 Å². The molecule has 1 heterocycles. The highest BCUT2D eigenvalue weighted by molar-refractivity contribution is 5.56. The van der Waals surface area contributed by atoms with Crippen LogP contribution >= 0.6 is 0 Å². The molecule has 0 spiro atoms. The van der Waals surface area contributed by atoms with Gasteiger partial charge in [-0.1, -0.05) is 34.1 Å². The molecule has 1 rings (SSSR count).